The van der Waals surface area contributed by atoms with Crippen molar-refractivity contribution < 1.29 is 4.74 Å². The van der Waals surface area contributed by atoms with Gasteiger partial charge in [-0.1, -0.05) is 44.2 Å². The average molecular weight is 337 g/mol. The molecule has 0 radical (unpaired) electrons. The van der Waals surface area contributed by atoms with E-state index in [9.17, 15) is 4.79 Å². The molecule has 0 bridgehead atoms. The van der Waals surface area contributed by atoms with Crippen LogP contribution in [0.4, 0.5) is 0 Å². The van der Waals surface area contributed by atoms with Crippen molar-refractivity contribution in [3.05, 3.63) is 62.2 Å². The molecule has 4 nitrogen and oxygen atoms in total. The molecule has 0 aliphatic heterocycles. The van der Waals surface area contributed by atoms with Crippen molar-refractivity contribution in [2.75, 3.05) is 7.11 Å². The van der Waals surface area contributed by atoms with Gasteiger partial charge in [-0.05, 0) is 27.4 Å². The van der Waals surface area contributed by atoms with Crippen molar-refractivity contribution in [1.29, 1.82) is 0 Å². The molecule has 2 aromatic rings. The Balaban J connectivity index is 2.54. The lowest BCUT2D eigenvalue weighted by Crippen LogP contribution is -2.20. The smallest absolute Gasteiger partial charge is 0.265 e. The maximum Gasteiger partial charge on any atom is 0.265 e. The number of nitrogens with one attached hydrogen (secondary N) is 1. The van der Waals surface area contributed by atoms with Crippen LogP contribution in [0.2, 0.25) is 0 Å². The molecule has 20 heavy (non-hydrogen) atoms. The molecule has 1 unspecified atom stereocenters. The van der Waals surface area contributed by atoms with E-state index < -0.39 is 0 Å². The summed E-state index contributed by atoms with van der Waals surface area (Å²) in [6.45, 7) is 4.00. The van der Waals surface area contributed by atoms with Crippen LogP contribution in [0.5, 0.6) is 0 Å². The third-order valence-electron chi connectivity index (χ3n) is 3.04. The Kier molecular flexibility index (Phi) is 4.73. The molecule has 2 rings (SSSR count). The number of H-pyrrole nitrogens is 1. The summed E-state index contributed by atoms with van der Waals surface area (Å²) in [5.74, 6) is 0.675. The maximum atomic E-state index is 12.0. The summed E-state index contributed by atoms with van der Waals surface area (Å²) >= 11 is 3.30. The SMILES string of the molecule is COC(c1ccccc1)c1nc(C(C)C)c(Br)c(=O)[nH]1. The predicted octanol–water partition coefficient (Wildman–Crippen LogP) is 3.39. The Morgan fingerprint density at radius 3 is 2.45 bits per heavy atom. The summed E-state index contributed by atoms with van der Waals surface area (Å²) < 4.78 is 5.99. The lowest BCUT2D eigenvalue weighted by Gasteiger charge is -2.17. The second kappa shape index (κ2) is 6.33. The maximum absolute atomic E-state index is 12.0. The van der Waals surface area contributed by atoms with E-state index in [1.165, 1.54) is 0 Å². The number of aromatic nitrogens is 2. The van der Waals surface area contributed by atoms with Gasteiger partial charge in [0.2, 0.25) is 0 Å². The molecular weight excluding hydrogens is 320 g/mol. The number of halogens is 1. The van der Waals surface area contributed by atoms with E-state index in [2.05, 4.69) is 25.9 Å². The van der Waals surface area contributed by atoms with Gasteiger partial charge in [0.1, 0.15) is 16.4 Å². The predicted molar refractivity (Wildman–Crippen MR) is 81.9 cm³/mol. The first-order valence-corrected chi connectivity index (χ1v) is 7.21. The summed E-state index contributed by atoms with van der Waals surface area (Å²) in [5.41, 5.74) is 1.51. The van der Waals surface area contributed by atoms with E-state index in [4.69, 9.17) is 4.74 Å². The first-order chi connectivity index (χ1) is 9.54. The number of rotatable bonds is 4. The minimum Gasteiger partial charge on any atom is -0.369 e. The Labute approximate surface area is 126 Å². The van der Waals surface area contributed by atoms with Gasteiger partial charge in [-0.2, -0.15) is 0 Å². The highest BCUT2D eigenvalue weighted by Gasteiger charge is 2.19. The summed E-state index contributed by atoms with van der Waals surface area (Å²) in [6, 6.07) is 9.70. The molecule has 0 aliphatic rings. The van der Waals surface area contributed by atoms with Crippen molar-refractivity contribution >= 4 is 15.9 Å². The fourth-order valence-corrected chi connectivity index (χ4v) is 2.68. The highest BCUT2D eigenvalue weighted by Crippen LogP contribution is 2.25. The summed E-state index contributed by atoms with van der Waals surface area (Å²) in [4.78, 5) is 19.4. The van der Waals surface area contributed by atoms with Crippen LogP contribution in [0.1, 0.15) is 43.0 Å². The third kappa shape index (κ3) is 2.99. The van der Waals surface area contributed by atoms with Gasteiger partial charge in [-0.15, -0.1) is 0 Å². The molecule has 1 N–H and O–H groups in total. The van der Waals surface area contributed by atoms with Crippen molar-refractivity contribution in [3.63, 3.8) is 0 Å². The Hall–Kier alpha value is -1.46. The normalized spacial score (nSPS) is 12.7. The molecule has 0 fully saturated rings. The van der Waals surface area contributed by atoms with Crippen LogP contribution >= 0.6 is 15.9 Å². The monoisotopic (exact) mass is 336 g/mol. The van der Waals surface area contributed by atoms with Gasteiger partial charge in [0.25, 0.3) is 5.56 Å². The van der Waals surface area contributed by atoms with Crippen LogP contribution in [0.25, 0.3) is 0 Å². The van der Waals surface area contributed by atoms with Gasteiger partial charge in [-0.25, -0.2) is 4.98 Å². The van der Waals surface area contributed by atoms with Crippen LogP contribution in [0.3, 0.4) is 0 Å². The van der Waals surface area contributed by atoms with E-state index in [1.807, 2.05) is 44.2 Å². The average Bonchev–Trinajstić information content (AvgIpc) is 2.44. The lowest BCUT2D eigenvalue weighted by atomic mass is 10.1. The summed E-state index contributed by atoms with van der Waals surface area (Å²) in [5, 5.41) is 0. The highest BCUT2D eigenvalue weighted by atomic mass is 79.9. The van der Waals surface area contributed by atoms with Crippen LogP contribution in [0.15, 0.2) is 39.6 Å². The number of methoxy groups -OCH3 is 1. The molecule has 0 saturated heterocycles. The minimum atomic E-state index is -0.380. The summed E-state index contributed by atoms with van der Waals surface area (Å²) in [7, 11) is 1.61. The van der Waals surface area contributed by atoms with Crippen LogP contribution < -0.4 is 5.56 Å². The largest absolute Gasteiger partial charge is 0.369 e. The second-order valence-electron chi connectivity index (χ2n) is 4.83. The minimum absolute atomic E-state index is 0.152. The Bertz CT molecular complexity index is 638. The standard InChI is InChI=1S/C15H17BrN2O2/c1-9(2)12-11(16)15(19)18-14(17-12)13(20-3)10-7-5-4-6-8-10/h4-9,13H,1-3H3,(H,17,18,19). The van der Waals surface area contributed by atoms with Crippen molar-refractivity contribution in [2.24, 2.45) is 0 Å². The van der Waals surface area contributed by atoms with Crippen molar-refractivity contribution in [3.8, 4) is 0 Å². The van der Waals surface area contributed by atoms with Crippen LogP contribution in [-0.2, 0) is 4.74 Å². The molecule has 1 aromatic carbocycles. The number of hydrogen-bond donors (Lipinski definition) is 1. The van der Waals surface area contributed by atoms with Gasteiger partial charge < -0.3 is 9.72 Å². The topological polar surface area (TPSA) is 55.0 Å². The van der Waals surface area contributed by atoms with Gasteiger partial charge in [0, 0.05) is 7.11 Å². The quantitative estimate of drug-likeness (QED) is 0.930. The molecule has 0 amide bonds. The zero-order valence-corrected chi connectivity index (χ0v) is 13.3. The number of ether oxygens (including phenoxy) is 1. The Morgan fingerprint density at radius 1 is 1.25 bits per heavy atom. The number of nitrogens with zero attached hydrogens (tertiary/aromatic N) is 1. The molecule has 106 valence electrons. The van der Waals surface area contributed by atoms with Gasteiger partial charge in [0.15, 0.2) is 0 Å². The van der Waals surface area contributed by atoms with E-state index in [1.54, 1.807) is 7.11 Å². The van der Waals surface area contributed by atoms with E-state index >= 15 is 0 Å². The third-order valence-corrected chi connectivity index (χ3v) is 3.81. The van der Waals surface area contributed by atoms with E-state index in [0.29, 0.717) is 10.3 Å². The van der Waals surface area contributed by atoms with Gasteiger partial charge in [-0.3, -0.25) is 4.79 Å². The number of benzene rings is 1. The Morgan fingerprint density at radius 2 is 1.90 bits per heavy atom. The number of hydrogen-bond acceptors (Lipinski definition) is 3. The molecular formula is C15H17BrN2O2. The van der Waals surface area contributed by atoms with Gasteiger partial charge >= 0.3 is 0 Å². The van der Waals surface area contributed by atoms with E-state index in [-0.39, 0.29) is 17.6 Å². The molecule has 5 heteroatoms. The van der Waals surface area contributed by atoms with Crippen molar-refractivity contribution in [1.82, 2.24) is 9.97 Å². The lowest BCUT2D eigenvalue weighted by molar-refractivity contribution is 0.128. The fraction of sp³-hybridized carbons (Fsp3) is 0.333. The highest BCUT2D eigenvalue weighted by molar-refractivity contribution is 9.10. The molecule has 0 spiro atoms. The van der Waals surface area contributed by atoms with Crippen LogP contribution in [-0.4, -0.2) is 17.1 Å². The first-order valence-electron chi connectivity index (χ1n) is 6.42. The molecule has 0 aliphatic carbocycles. The molecule has 0 saturated carbocycles. The number of aromatic amines is 1. The zero-order valence-electron chi connectivity index (χ0n) is 11.7. The zero-order chi connectivity index (χ0) is 14.7. The fourth-order valence-electron chi connectivity index (χ4n) is 2.03. The second-order valence-corrected chi connectivity index (χ2v) is 5.62. The van der Waals surface area contributed by atoms with Crippen LogP contribution in [0, 0.1) is 0 Å². The first kappa shape index (κ1) is 14.9. The molecule has 1 atom stereocenters. The summed E-state index contributed by atoms with van der Waals surface area (Å²) in [6.07, 6.45) is -0.380. The van der Waals surface area contributed by atoms with E-state index in [0.717, 1.165) is 11.3 Å². The molecule has 1 aromatic heterocycles. The van der Waals surface area contributed by atoms with Gasteiger partial charge in [0.05, 0.1) is 5.69 Å². The molecule has 1 heterocycles. The van der Waals surface area contributed by atoms with Crippen molar-refractivity contribution in [2.45, 2.75) is 25.9 Å².